The highest BCUT2D eigenvalue weighted by atomic mass is 14.9. The van der Waals surface area contributed by atoms with E-state index in [0.29, 0.717) is 6.54 Å². The van der Waals surface area contributed by atoms with Crippen molar-refractivity contribution in [2.75, 3.05) is 26.2 Å². The van der Waals surface area contributed by atoms with Gasteiger partial charge in [-0.05, 0) is 33.2 Å². The quantitative estimate of drug-likeness (QED) is 0.464. The van der Waals surface area contributed by atoms with Crippen LogP contribution in [0.25, 0.3) is 21.5 Å². The number of hydrogen-bond acceptors (Lipinski definition) is 3. The van der Waals surface area contributed by atoms with E-state index >= 15 is 0 Å². The second-order valence-corrected chi connectivity index (χ2v) is 5.51. The maximum atomic E-state index is 5.48. The van der Waals surface area contributed by atoms with Gasteiger partial charge in [-0.2, -0.15) is 0 Å². The molecule has 3 heteroatoms. The first-order valence-corrected chi connectivity index (χ1v) is 7.91. The second kappa shape index (κ2) is 7.36. The third kappa shape index (κ3) is 3.28. The Morgan fingerprint density at radius 3 is 1.95 bits per heavy atom. The minimum Gasteiger partial charge on any atom is -0.329 e. The van der Waals surface area contributed by atoms with E-state index in [9.17, 15) is 0 Å². The highest BCUT2D eigenvalue weighted by Gasteiger charge is 2.06. The first kappa shape index (κ1) is 15.0. The van der Waals surface area contributed by atoms with E-state index in [1.165, 1.54) is 27.1 Å². The molecule has 3 rings (SSSR count). The minimum atomic E-state index is 0.688. The summed E-state index contributed by atoms with van der Waals surface area (Å²) in [4.78, 5) is 0. The van der Waals surface area contributed by atoms with Gasteiger partial charge in [-0.3, -0.25) is 0 Å². The lowest BCUT2D eigenvalue weighted by Crippen LogP contribution is -2.30. The average Bonchev–Trinajstić information content (AvgIpc) is 2.57. The number of fused-ring (bicyclic) bond motifs is 2. The predicted molar refractivity (Wildman–Crippen MR) is 95.1 cm³/mol. The summed E-state index contributed by atoms with van der Waals surface area (Å²) in [5.74, 6) is 0. The Hall–Kier alpha value is -1.94. The first-order valence-electron chi connectivity index (χ1n) is 7.91. The fourth-order valence-corrected chi connectivity index (χ4v) is 2.92. The van der Waals surface area contributed by atoms with Crippen LogP contribution in [0.3, 0.4) is 0 Å². The van der Waals surface area contributed by atoms with E-state index in [2.05, 4.69) is 65.2 Å². The summed E-state index contributed by atoms with van der Waals surface area (Å²) in [6.07, 6.45) is 0. The zero-order valence-electron chi connectivity index (χ0n) is 12.8. The summed E-state index contributed by atoms with van der Waals surface area (Å²) < 4.78 is 0. The molecule has 0 aliphatic heterocycles. The van der Waals surface area contributed by atoms with Gasteiger partial charge in [0, 0.05) is 32.7 Å². The highest BCUT2D eigenvalue weighted by Crippen LogP contribution is 2.28. The average molecular weight is 293 g/mol. The molecule has 22 heavy (non-hydrogen) atoms. The molecule has 0 aliphatic carbocycles. The molecule has 0 fully saturated rings. The van der Waals surface area contributed by atoms with Crippen LogP contribution in [0.4, 0.5) is 0 Å². The monoisotopic (exact) mass is 293 g/mol. The Balaban J connectivity index is 1.85. The van der Waals surface area contributed by atoms with Crippen LogP contribution in [0.2, 0.25) is 0 Å². The molecule has 0 saturated carbocycles. The van der Waals surface area contributed by atoms with E-state index in [0.717, 1.165) is 26.2 Å². The predicted octanol–water partition coefficient (Wildman–Crippen LogP) is 2.63. The van der Waals surface area contributed by atoms with Crippen LogP contribution in [0, 0.1) is 0 Å². The Bertz CT molecular complexity index is 698. The largest absolute Gasteiger partial charge is 0.329 e. The van der Waals surface area contributed by atoms with Gasteiger partial charge in [-0.25, -0.2) is 0 Å². The molecule has 0 unspecified atom stereocenters. The molecule has 0 atom stereocenters. The van der Waals surface area contributed by atoms with Crippen LogP contribution in [0.15, 0.2) is 54.6 Å². The number of nitrogens with one attached hydrogen (secondary N) is 2. The molecule has 114 valence electrons. The molecular weight excluding hydrogens is 270 g/mol. The Morgan fingerprint density at radius 1 is 0.727 bits per heavy atom. The van der Waals surface area contributed by atoms with Gasteiger partial charge in [0.1, 0.15) is 0 Å². The number of hydrogen-bond donors (Lipinski definition) is 3. The number of benzene rings is 3. The normalized spacial score (nSPS) is 11.3. The summed E-state index contributed by atoms with van der Waals surface area (Å²) in [5, 5.41) is 12.1. The lowest BCUT2D eigenvalue weighted by Gasteiger charge is -2.13. The maximum Gasteiger partial charge on any atom is 0.0218 e. The molecule has 0 amide bonds. The summed E-state index contributed by atoms with van der Waals surface area (Å²) >= 11 is 0. The molecule has 3 aromatic carbocycles. The molecular formula is C19H23N3. The van der Waals surface area contributed by atoms with Crippen molar-refractivity contribution in [3.8, 4) is 0 Å². The molecule has 0 saturated heterocycles. The summed E-state index contributed by atoms with van der Waals surface area (Å²) in [7, 11) is 0. The van der Waals surface area contributed by atoms with Gasteiger partial charge in [0.15, 0.2) is 0 Å². The van der Waals surface area contributed by atoms with Crippen LogP contribution in [0.5, 0.6) is 0 Å². The Labute approximate surface area is 131 Å². The number of nitrogens with two attached hydrogens (primary N) is 1. The molecule has 0 aliphatic rings. The lowest BCUT2D eigenvalue weighted by atomic mass is 9.97. The van der Waals surface area contributed by atoms with Crippen molar-refractivity contribution in [2.45, 2.75) is 6.54 Å². The fourth-order valence-electron chi connectivity index (χ4n) is 2.92. The minimum absolute atomic E-state index is 0.688. The Kier molecular flexibility index (Phi) is 5.01. The van der Waals surface area contributed by atoms with Gasteiger partial charge in [-0.1, -0.05) is 48.5 Å². The standard InChI is InChI=1S/C19H23N3/c20-9-10-21-11-12-22-14-19-17-7-3-1-5-15(17)13-16-6-2-4-8-18(16)19/h1-8,13,21-22H,9-12,14,20H2. The lowest BCUT2D eigenvalue weighted by molar-refractivity contribution is 0.617. The van der Waals surface area contributed by atoms with Crippen molar-refractivity contribution in [1.29, 1.82) is 0 Å². The van der Waals surface area contributed by atoms with Gasteiger partial charge in [0.25, 0.3) is 0 Å². The third-order valence-corrected chi connectivity index (χ3v) is 3.98. The van der Waals surface area contributed by atoms with Gasteiger partial charge in [0.05, 0.1) is 0 Å². The summed E-state index contributed by atoms with van der Waals surface area (Å²) in [6.45, 7) is 4.33. The smallest absolute Gasteiger partial charge is 0.0218 e. The Morgan fingerprint density at radius 2 is 1.32 bits per heavy atom. The first-order chi connectivity index (χ1) is 10.9. The fraction of sp³-hybridized carbons (Fsp3) is 0.263. The molecule has 3 nitrogen and oxygen atoms in total. The van der Waals surface area contributed by atoms with E-state index in [4.69, 9.17) is 5.73 Å². The van der Waals surface area contributed by atoms with E-state index < -0.39 is 0 Å². The van der Waals surface area contributed by atoms with Gasteiger partial charge in [0.2, 0.25) is 0 Å². The van der Waals surface area contributed by atoms with Crippen LogP contribution in [-0.2, 0) is 6.54 Å². The van der Waals surface area contributed by atoms with Gasteiger partial charge >= 0.3 is 0 Å². The summed E-state index contributed by atoms with van der Waals surface area (Å²) in [6, 6.07) is 19.5. The molecule has 0 aromatic heterocycles. The molecule has 0 heterocycles. The van der Waals surface area contributed by atoms with Crippen LogP contribution in [-0.4, -0.2) is 26.2 Å². The number of rotatable bonds is 7. The van der Waals surface area contributed by atoms with Crippen molar-refractivity contribution < 1.29 is 0 Å². The van der Waals surface area contributed by atoms with Crippen molar-refractivity contribution in [1.82, 2.24) is 10.6 Å². The van der Waals surface area contributed by atoms with Gasteiger partial charge in [-0.15, -0.1) is 0 Å². The zero-order chi connectivity index (χ0) is 15.2. The van der Waals surface area contributed by atoms with E-state index in [1.54, 1.807) is 0 Å². The molecule has 0 bridgehead atoms. The summed E-state index contributed by atoms with van der Waals surface area (Å²) in [5.41, 5.74) is 6.86. The van der Waals surface area contributed by atoms with Crippen LogP contribution in [0.1, 0.15) is 5.56 Å². The SMILES string of the molecule is NCCNCCNCc1c2ccccc2cc2ccccc12. The highest BCUT2D eigenvalue weighted by molar-refractivity contribution is 6.02. The van der Waals surface area contributed by atoms with E-state index in [-0.39, 0.29) is 0 Å². The molecule has 3 aromatic rings. The van der Waals surface area contributed by atoms with Crippen molar-refractivity contribution in [3.05, 3.63) is 60.2 Å². The van der Waals surface area contributed by atoms with Crippen LogP contribution < -0.4 is 16.4 Å². The van der Waals surface area contributed by atoms with Crippen molar-refractivity contribution in [2.24, 2.45) is 5.73 Å². The molecule has 0 radical (unpaired) electrons. The second-order valence-electron chi connectivity index (χ2n) is 5.51. The molecule has 4 N–H and O–H groups in total. The van der Waals surface area contributed by atoms with Crippen LogP contribution >= 0.6 is 0 Å². The van der Waals surface area contributed by atoms with E-state index in [1.807, 2.05) is 0 Å². The van der Waals surface area contributed by atoms with Crippen molar-refractivity contribution in [3.63, 3.8) is 0 Å². The third-order valence-electron chi connectivity index (χ3n) is 3.98. The zero-order valence-corrected chi connectivity index (χ0v) is 12.8. The molecule has 0 spiro atoms. The topological polar surface area (TPSA) is 50.1 Å². The van der Waals surface area contributed by atoms with Gasteiger partial charge < -0.3 is 16.4 Å². The van der Waals surface area contributed by atoms with Crippen molar-refractivity contribution >= 4 is 21.5 Å². The maximum absolute atomic E-state index is 5.48.